The highest BCUT2D eigenvalue weighted by molar-refractivity contribution is 5.78. The van der Waals surface area contributed by atoms with E-state index in [0.717, 1.165) is 19.6 Å². The molecule has 0 aliphatic carbocycles. The Morgan fingerprint density at radius 1 is 0.950 bits per heavy atom. The summed E-state index contributed by atoms with van der Waals surface area (Å²) in [6, 6.07) is 19.4. The van der Waals surface area contributed by atoms with E-state index in [9.17, 15) is 0 Å². The van der Waals surface area contributed by atoms with Gasteiger partial charge in [0.15, 0.2) is 0 Å². The summed E-state index contributed by atoms with van der Waals surface area (Å²) in [5, 5.41) is 3.58. The van der Waals surface area contributed by atoms with Gasteiger partial charge in [0.25, 0.3) is 0 Å². The van der Waals surface area contributed by atoms with Crippen LogP contribution in [0.1, 0.15) is 13.8 Å². The average Bonchev–Trinajstić information content (AvgIpc) is 2.47. The molecule has 1 saturated heterocycles. The van der Waals surface area contributed by atoms with E-state index >= 15 is 0 Å². The lowest BCUT2D eigenvalue weighted by Gasteiger charge is -2.41. The van der Waals surface area contributed by atoms with E-state index in [0.29, 0.717) is 0 Å². The van der Waals surface area contributed by atoms with Gasteiger partial charge in [-0.25, -0.2) is 0 Å². The predicted molar refractivity (Wildman–Crippen MR) is 86.2 cm³/mol. The number of piperazine rings is 1. The molecule has 1 N–H and O–H groups in total. The minimum atomic E-state index is 0.169. The molecule has 2 nitrogen and oxygen atoms in total. The Labute approximate surface area is 121 Å². The monoisotopic (exact) mass is 266 g/mol. The van der Waals surface area contributed by atoms with E-state index in [1.807, 2.05) is 0 Å². The third-order valence-corrected chi connectivity index (χ3v) is 3.90. The smallest absolute Gasteiger partial charge is 0.0446 e. The van der Waals surface area contributed by atoms with E-state index in [1.54, 1.807) is 0 Å². The average molecular weight is 266 g/mol. The van der Waals surface area contributed by atoms with Crippen LogP contribution in [0.4, 0.5) is 5.69 Å². The summed E-state index contributed by atoms with van der Waals surface area (Å²) in [6.45, 7) is 7.68. The van der Waals surface area contributed by atoms with Gasteiger partial charge in [0.2, 0.25) is 0 Å². The van der Waals surface area contributed by atoms with Crippen LogP contribution in [0, 0.1) is 0 Å². The number of benzene rings is 2. The van der Waals surface area contributed by atoms with Gasteiger partial charge in [-0.15, -0.1) is 0 Å². The number of hydrogen-bond acceptors (Lipinski definition) is 2. The van der Waals surface area contributed by atoms with E-state index in [4.69, 9.17) is 0 Å². The zero-order valence-corrected chi connectivity index (χ0v) is 12.3. The van der Waals surface area contributed by atoms with Gasteiger partial charge >= 0.3 is 0 Å². The molecule has 104 valence electrons. The predicted octanol–water partition coefficient (Wildman–Crippen LogP) is 3.54. The Bertz CT molecular complexity index is 575. The van der Waals surface area contributed by atoms with E-state index in [2.05, 4.69) is 78.7 Å². The number of rotatable bonds is 2. The highest BCUT2D eigenvalue weighted by atomic mass is 15.2. The molecule has 1 heterocycles. The highest BCUT2D eigenvalue weighted by Gasteiger charge is 2.26. The van der Waals surface area contributed by atoms with Crippen LogP contribution in [0.5, 0.6) is 0 Å². The zero-order chi connectivity index (χ0) is 14.0. The van der Waals surface area contributed by atoms with Gasteiger partial charge in [-0.05, 0) is 25.5 Å². The molecule has 3 rings (SSSR count). The van der Waals surface area contributed by atoms with Gasteiger partial charge in [-0.3, -0.25) is 0 Å². The lowest BCUT2D eigenvalue weighted by molar-refractivity contribution is 0.353. The maximum absolute atomic E-state index is 3.58. The van der Waals surface area contributed by atoms with Crippen LogP contribution in [0.25, 0.3) is 11.1 Å². The van der Waals surface area contributed by atoms with E-state index < -0.39 is 0 Å². The molecule has 0 radical (unpaired) electrons. The van der Waals surface area contributed by atoms with Crippen molar-refractivity contribution >= 4 is 5.69 Å². The highest BCUT2D eigenvalue weighted by Crippen LogP contribution is 2.32. The quantitative estimate of drug-likeness (QED) is 0.894. The Morgan fingerprint density at radius 3 is 2.40 bits per heavy atom. The molecule has 0 aromatic heterocycles. The molecular weight excluding hydrogens is 244 g/mol. The number of hydrogen-bond donors (Lipinski definition) is 1. The van der Waals surface area contributed by atoms with Crippen molar-refractivity contribution in [3.8, 4) is 11.1 Å². The minimum Gasteiger partial charge on any atom is -0.368 e. The summed E-state index contributed by atoms with van der Waals surface area (Å²) >= 11 is 0. The van der Waals surface area contributed by atoms with Crippen molar-refractivity contribution in [2.45, 2.75) is 19.4 Å². The first kappa shape index (κ1) is 13.2. The van der Waals surface area contributed by atoms with Crippen LogP contribution < -0.4 is 10.2 Å². The summed E-state index contributed by atoms with van der Waals surface area (Å²) in [5.41, 5.74) is 4.13. The van der Waals surface area contributed by atoms with E-state index in [1.165, 1.54) is 16.8 Å². The van der Waals surface area contributed by atoms with E-state index in [-0.39, 0.29) is 5.54 Å². The van der Waals surface area contributed by atoms with Crippen LogP contribution in [0.2, 0.25) is 0 Å². The first-order chi connectivity index (χ1) is 9.66. The number of nitrogens with one attached hydrogen (secondary N) is 1. The number of para-hydroxylation sites is 1. The largest absolute Gasteiger partial charge is 0.368 e. The Balaban J connectivity index is 1.98. The molecule has 0 atom stereocenters. The maximum Gasteiger partial charge on any atom is 0.0446 e. The molecule has 2 heteroatoms. The molecule has 0 amide bonds. The van der Waals surface area contributed by atoms with Gasteiger partial charge in [0.1, 0.15) is 0 Å². The normalized spacial score (nSPS) is 18.0. The fourth-order valence-corrected chi connectivity index (χ4v) is 2.96. The first-order valence-electron chi connectivity index (χ1n) is 7.30. The molecular formula is C18H22N2. The molecule has 20 heavy (non-hydrogen) atoms. The first-order valence-corrected chi connectivity index (χ1v) is 7.30. The van der Waals surface area contributed by atoms with Crippen LogP contribution in [0.15, 0.2) is 54.6 Å². The van der Waals surface area contributed by atoms with Crippen molar-refractivity contribution in [3.63, 3.8) is 0 Å². The molecule has 0 spiro atoms. The molecule has 1 aliphatic heterocycles. The second-order valence-electron chi connectivity index (χ2n) is 6.12. The summed E-state index contributed by atoms with van der Waals surface area (Å²) in [7, 11) is 0. The van der Waals surface area contributed by atoms with Gasteiger partial charge in [0.05, 0.1) is 0 Å². The molecule has 1 fully saturated rings. The molecule has 0 saturated carbocycles. The van der Waals surface area contributed by atoms with Gasteiger partial charge in [-0.1, -0.05) is 48.5 Å². The Morgan fingerprint density at radius 2 is 1.65 bits per heavy atom. The lowest BCUT2D eigenvalue weighted by atomic mass is 9.98. The minimum absolute atomic E-state index is 0.169. The fourth-order valence-electron chi connectivity index (χ4n) is 2.96. The standard InChI is InChI=1S/C18H22N2/c1-18(2)14-20(13-12-19-18)17-11-7-6-10-16(17)15-8-4-3-5-9-15/h3-11,19H,12-14H2,1-2H3. The van der Waals surface area contributed by atoms with Gasteiger partial charge < -0.3 is 10.2 Å². The van der Waals surface area contributed by atoms with Crippen LogP contribution in [-0.2, 0) is 0 Å². The summed E-state index contributed by atoms with van der Waals surface area (Å²) in [4.78, 5) is 2.50. The second-order valence-corrected chi connectivity index (χ2v) is 6.12. The third kappa shape index (κ3) is 2.70. The third-order valence-electron chi connectivity index (χ3n) is 3.90. The van der Waals surface area contributed by atoms with Crippen molar-refractivity contribution in [3.05, 3.63) is 54.6 Å². The molecule has 2 aromatic rings. The number of anilines is 1. The molecule has 1 aliphatic rings. The summed E-state index contributed by atoms with van der Waals surface area (Å²) in [6.07, 6.45) is 0. The zero-order valence-electron chi connectivity index (χ0n) is 12.3. The van der Waals surface area contributed by atoms with Crippen LogP contribution in [-0.4, -0.2) is 25.2 Å². The Kier molecular flexibility index (Phi) is 3.49. The Hall–Kier alpha value is -1.80. The second kappa shape index (κ2) is 5.29. The van der Waals surface area contributed by atoms with Crippen LogP contribution in [0.3, 0.4) is 0 Å². The molecule has 0 bridgehead atoms. The van der Waals surface area contributed by atoms with Crippen molar-refractivity contribution in [2.75, 3.05) is 24.5 Å². The number of nitrogens with zero attached hydrogens (tertiary/aromatic N) is 1. The topological polar surface area (TPSA) is 15.3 Å². The van der Waals surface area contributed by atoms with Gasteiger partial charge in [0, 0.05) is 36.4 Å². The van der Waals surface area contributed by atoms with Crippen molar-refractivity contribution < 1.29 is 0 Å². The van der Waals surface area contributed by atoms with Crippen molar-refractivity contribution in [1.82, 2.24) is 5.32 Å². The maximum atomic E-state index is 3.58. The van der Waals surface area contributed by atoms with Crippen molar-refractivity contribution in [1.29, 1.82) is 0 Å². The van der Waals surface area contributed by atoms with Crippen molar-refractivity contribution in [2.24, 2.45) is 0 Å². The SMILES string of the molecule is CC1(C)CN(c2ccccc2-c2ccccc2)CCN1. The molecule has 0 unspecified atom stereocenters. The van der Waals surface area contributed by atoms with Crippen LogP contribution >= 0.6 is 0 Å². The van der Waals surface area contributed by atoms with Gasteiger partial charge in [-0.2, -0.15) is 0 Å². The lowest BCUT2D eigenvalue weighted by Crippen LogP contribution is -2.57. The fraction of sp³-hybridized carbons (Fsp3) is 0.333. The summed E-state index contributed by atoms with van der Waals surface area (Å²) < 4.78 is 0. The summed E-state index contributed by atoms with van der Waals surface area (Å²) in [5.74, 6) is 0. The molecule has 2 aromatic carbocycles.